The highest BCUT2D eigenvalue weighted by Crippen LogP contribution is 2.20. The summed E-state index contributed by atoms with van der Waals surface area (Å²) in [6, 6.07) is 0.0457. The van der Waals surface area contributed by atoms with Crippen molar-refractivity contribution in [3.63, 3.8) is 0 Å². The van der Waals surface area contributed by atoms with Gasteiger partial charge in [0.1, 0.15) is 5.60 Å². The van der Waals surface area contributed by atoms with Crippen molar-refractivity contribution < 1.29 is 14.3 Å². The smallest absolute Gasteiger partial charge is 0.410 e. The van der Waals surface area contributed by atoms with Crippen molar-refractivity contribution in [1.82, 2.24) is 10.2 Å². The fraction of sp³-hybridized carbons (Fsp3) is 0.923. The maximum absolute atomic E-state index is 11.8. The molecule has 2 saturated heterocycles. The largest absolute Gasteiger partial charge is 0.444 e. The summed E-state index contributed by atoms with van der Waals surface area (Å²) < 4.78 is 11.2. The number of hydrogen-bond donors (Lipinski definition) is 2. The molecule has 0 aliphatic carbocycles. The van der Waals surface area contributed by atoms with Crippen molar-refractivity contribution in [1.29, 1.82) is 0 Å². The third-order valence-corrected chi connectivity index (χ3v) is 3.33. The Labute approximate surface area is 114 Å². The van der Waals surface area contributed by atoms with Gasteiger partial charge in [0.2, 0.25) is 0 Å². The van der Waals surface area contributed by atoms with Crippen molar-refractivity contribution in [3.8, 4) is 0 Å². The molecule has 2 aliphatic rings. The Balaban J connectivity index is 1.70. The molecule has 3 N–H and O–H groups in total. The highest BCUT2D eigenvalue weighted by molar-refractivity contribution is 5.69. The first-order valence-electron chi connectivity index (χ1n) is 6.95. The minimum absolute atomic E-state index is 0.0457. The van der Waals surface area contributed by atoms with Crippen LogP contribution in [0.4, 0.5) is 4.79 Å². The zero-order valence-corrected chi connectivity index (χ0v) is 12.0. The molecule has 110 valence electrons. The number of carbonyl (C=O) groups is 1. The molecule has 0 bridgehead atoms. The molecule has 1 amide bonds. The molecule has 0 aromatic rings. The molecule has 6 heteroatoms. The van der Waals surface area contributed by atoms with Gasteiger partial charge in [-0.1, -0.05) is 0 Å². The molecule has 2 fully saturated rings. The number of piperidine rings is 1. The number of hydrogen-bond acceptors (Lipinski definition) is 5. The van der Waals surface area contributed by atoms with Crippen LogP contribution in [0.15, 0.2) is 0 Å². The molecule has 2 rings (SSSR count). The first kappa shape index (κ1) is 14.6. The van der Waals surface area contributed by atoms with Crippen molar-refractivity contribution in [2.45, 2.75) is 51.0 Å². The standard InChI is InChI=1S/C13H25N3O3/c1-13(2,3)19-12(17)16-7-9(8-16)18-11-4-5-15-6-10(11)14/h9-11,15H,4-8,14H2,1-3H3. The highest BCUT2D eigenvalue weighted by atomic mass is 16.6. The first-order chi connectivity index (χ1) is 8.85. The highest BCUT2D eigenvalue weighted by Gasteiger charge is 2.37. The van der Waals surface area contributed by atoms with Crippen LogP contribution in [-0.4, -0.2) is 61.0 Å². The van der Waals surface area contributed by atoms with Crippen molar-refractivity contribution in [2.24, 2.45) is 5.73 Å². The Hall–Kier alpha value is -0.850. The van der Waals surface area contributed by atoms with Gasteiger partial charge in [0, 0.05) is 12.6 Å². The van der Waals surface area contributed by atoms with E-state index < -0.39 is 5.60 Å². The van der Waals surface area contributed by atoms with E-state index in [9.17, 15) is 4.79 Å². The third kappa shape index (κ3) is 4.06. The van der Waals surface area contributed by atoms with E-state index in [0.717, 1.165) is 19.5 Å². The van der Waals surface area contributed by atoms with E-state index in [1.807, 2.05) is 20.8 Å². The third-order valence-electron chi connectivity index (χ3n) is 3.33. The lowest BCUT2D eigenvalue weighted by Crippen LogP contribution is -2.59. The summed E-state index contributed by atoms with van der Waals surface area (Å²) in [5, 5.41) is 3.24. The second-order valence-corrected chi connectivity index (χ2v) is 6.34. The minimum atomic E-state index is -0.444. The number of nitrogens with one attached hydrogen (secondary N) is 1. The Morgan fingerprint density at radius 3 is 2.63 bits per heavy atom. The van der Waals surface area contributed by atoms with Gasteiger partial charge in [-0.2, -0.15) is 0 Å². The summed E-state index contributed by atoms with van der Waals surface area (Å²) in [4.78, 5) is 13.4. The van der Waals surface area contributed by atoms with Gasteiger partial charge in [-0.05, 0) is 33.7 Å². The Morgan fingerprint density at radius 2 is 2.05 bits per heavy atom. The average Bonchev–Trinajstić information content (AvgIpc) is 2.22. The predicted molar refractivity (Wildman–Crippen MR) is 71.9 cm³/mol. The molecule has 2 aliphatic heterocycles. The van der Waals surface area contributed by atoms with Crippen LogP contribution < -0.4 is 11.1 Å². The van der Waals surface area contributed by atoms with Gasteiger partial charge < -0.3 is 25.4 Å². The van der Waals surface area contributed by atoms with Crippen LogP contribution in [0, 0.1) is 0 Å². The van der Waals surface area contributed by atoms with Gasteiger partial charge >= 0.3 is 6.09 Å². The van der Waals surface area contributed by atoms with E-state index in [-0.39, 0.29) is 24.3 Å². The molecule has 0 aromatic heterocycles. The maximum Gasteiger partial charge on any atom is 0.410 e. The lowest BCUT2D eigenvalue weighted by Gasteiger charge is -2.42. The summed E-state index contributed by atoms with van der Waals surface area (Å²) in [7, 11) is 0. The number of nitrogens with two attached hydrogens (primary N) is 1. The number of amides is 1. The second kappa shape index (κ2) is 5.64. The normalized spacial score (nSPS) is 28.9. The number of ether oxygens (including phenoxy) is 2. The summed E-state index contributed by atoms with van der Waals surface area (Å²) in [6.45, 7) is 8.55. The van der Waals surface area contributed by atoms with Gasteiger partial charge in [-0.25, -0.2) is 4.79 Å². The van der Waals surface area contributed by atoms with Crippen molar-refractivity contribution >= 4 is 6.09 Å². The zero-order valence-electron chi connectivity index (χ0n) is 12.0. The Bertz CT molecular complexity index is 324. The molecule has 2 unspecified atom stereocenters. The summed E-state index contributed by atoms with van der Waals surface area (Å²) in [5.41, 5.74) is 5.55. The first-order valence-corrected chi connectivity index (χ1v) is 6.95. The molecular formula is C13H25N3O3. The van der Waals surface area contributed by atoms with Gasteiger partial charge in [0.05, 0.1) is 25.3 Å². The van der Waals surface area contributed by atoms with Crippen LogP contribution in [0.5, 0.6) is 0 Å². The van der Waals surface area contributed by atoms with E-state index in [1.54, 1.807) is 4.90 Å². The van der Waals surface area contributed by atoms with E-state index >= 15 is 0 Å². The molecule has 6 nitrogen and oxygen atoms in total. The average molecular weight is 271 g/mol. The number of carbonyl (C=O) groups excluding carboxylic acids is 1. The zero-order chi connectivity index (χ0) is 14.0. The quantitative estimate of drug-likeness (QED) is 0.756. The fourth-order valence-electron chi connectivity index (χ4n) is 2.27. The number of nitrogens with zero attached hydrogens (tertiary/aromatic N) is 1. The molecule has 2 atom stereocenters. The van der Waals surface area contributed by atoms with Crippen LogP contribution in [0.2, 0.25) is 0 Å². The topological polar surface area (TPSA) is 76.8 Å². The molecule has 0 aromatic carbocycles. The molecule has 0 saturated carbocycles. The van der Waals surface area contributed by atoms with Crippen LogP contribution >= 0.6 is 0 Å². The SMILES string of the molecule is CC(C)(C)OC(=O)N1CC(OC2CCNCC2N)C1. The monoisotopic (exact) mass is 271 g/mol. The summed E-state index contributed by atoms with van der Waals surface area (Å²) in [5.74, 6) is 0. The molecule has 19 heavy (non-hydrogen) atoms. The van der Waals surface area contributed by atoms with Gasteiger partial charge in [0.25, 0.3) is 0 Å². The number of likely N-dealkylation sites (tertiary alicyclic amines) is 1. The van der Waals surface area contributed by atoms with E-state index in [0.29, 0.717) is 13.1 Å². The van der Waals surface area contributed by atoms with E-state index in [1.165, 1.54) is 0 Å². The van der Waals surface area contributed by atoms with Crippen LogP contribution in [0.3, 0.4) is 0 Å². The minimum Gasteiger partial charge on any atom is -0.444 e. The molecule has 0 radical (unpaired) electrons. The lowest BCUT2D eigenvalue weighted by atomic mass is 10.0. The lowest BCUT2D eigenvalue weighted by molar-refractivity contribution is -0.104. The van der Waals surface area contributed by atoms with Crippen LogP contribution in [-0.2, 0) is 9.47 Å². The van der Waals surface area contributed by atoms with E-state index in [4.69, 9.17) is 15.2 Å². The van der Waals surface area contributed by atoms with Gasteiger partial charge in [-0.15, -0.1) is 0 Å². The molecule has 0 spiro atoms. The van der Waals surface area contributed by atoms with Crippen molar-refractivity contribution in [3.05, 3.63) is 0 Å². The van der Waals surface area contributed by atoms with E-state index in [2.05, 4.69) is 5.32 Å². The molecular weight excluding hydrogens is 246 g/mol. The molecule has 2 heterocycles. The van der Waals surface area contributed by atoms with Gasteiger partial charge in [-0.3, -0.25) is 0 Å². The summed E-state index contributed by atoms with van der Waals surface area (Å²) >= 11 is 0. The Kier molecular flexibility index (Phi) is 4.32. The fourth-order valence-corrected chi connectivity index (χ4v) is 2.27. The number of rotatable bonds is 2. The van der Waals surface area contributed by atoms with Crippen molar-refractivity contribution in [2.75, 3.05) is 26.2 Å². The Morgan fingerprint density at radius 1 is 1.37 bits per heavy atom. The summed E-state index contributed by atoms with van der Waals surface area (Å²) in [6.07, 6.45) is 0.875. The van der Waals surface area contributed by atoms with Crippen LogP contribution in [0.25, 0.3) is 0 Å². The predicted octanol–water partition coefficient (Wildman–Crippen LogP) is 0.312. The second-order valence-electron chi connectivity index (χ2n) is 6.34. The van der Waals surface area contributed by atoms with Gasteiger partial charge in [0.15, 0.2) is 0 Å². The maximum atomic E-state index is 11.8. The van der Waals surface area contributed by atoms with Crippen LogP contribution in [0.1, 0.15) is 27.2 Å².